The number of thioether (sulfide) groups is 1. The molecule has 0 atom stereocenters. The van der Waals surface area contributed by atoms with E-state index in [9.17, 15) is 4.79 Å². The normalized spacial score (nSPS) is 9.71. The summed E-state index contributed by atoms with van der Waals surface area (Å²) in [4.78, 5) is 12.7. The average molecular weight is 362 g/mol. The first-order chi connectivity index (χ1) is 10.2. The second kappa shape index (κ2) is 7.72. The zero-order valence-corrected chi connectivity index (χ0v) is 13.4. The van der Waals surface area contributed by atoms with E-state index in [1.165, 1.54) is 0 Å². The summed E-state index contributed by atoms with van der Waals surface area (Å²) in [6.07, 6.45) is 0. The number of nitrogens with one attached hydrogen (secondary N) is 2. The number of benzene rings is 2. The third kappa shape index (κ3) is 4.81. The van der Waals surface area contributed by atoms with E-state index in [1.54, 1.807) is 24.3 Å². The van der Waals surface area contributed by atoms with E-state index in [0.29, 0.717) is 12.2 Å². The first-order valence-corrected chi connectivity index (χ1v) is 7.74. The molecule has 0 aliphatic heterocycles. The van der Waals surface area contributed by atoms with Crippen LogP contribution in [0.1, 0.15) is 5.56 Å². The highest BCUT2D eigenvalue weighted by Gasteiger charge is 2.04. The standard InChI is InChI=1S/C15H12BrN3OS/c16-14-4-2-1-3-11(14)9-18-15(20)19-12-5-7-13(8-6-12)21-10-17/h1-8H,9H2,(H2,18,19,20). The maximum Gasteiger partial charge on any atom is 0.319 e. The largest absolute Gasteiger partial charge is 0.334 e. The lowest BCUT2D eigenvalue weighted by Gasteiger charge is -2.09. The molecule has 0 aliphatic rings. The SMILES string of the molecule is N#CSc1ccc(NC(=O)NCc2ccccc2Br)cc1. The van der Waals surface area contributed by atoms with Gasteiger partial charge < -0.3 is 10.6 Å². The van der Waals surface area contributed by atoms with Crippen LogP contribution in [0, 0.1) is 10.7 Å². The molecule has 0 bridgehead atoms. The van der Waals surface area contributed by atoms with E-state index in [1.807, 2.05) is 29.7 Å². The number of nitriles is 1. The third-order valence-corrected chi connectivity index (χ3v) is 4.05. The molecular formula is C15H12BrN3OS. The second-order valence-electron chi connectivity index (χ2n) is 4.12. The van der Waals surface area contributed by atoms with Gasteiger partial charge in [0.1, 0.15) is 5.40 Å². The quantitative estimate of drug-likeness (QED) is 0.628. The van der Waals surface area contributed by atoms with Gasteiger partial charge >= 0.3 is 6.03 Å². The van der Waals surface area contributed by atoms with Crippen molar-refractivity contribution in [1.29, 1.82) is 5.26 Å². The molecule has 2 amide bonds. The number of nitrogens with zero attached hydrogens (tertiary/aromatic N) is 1. The topological polar surface area (TPSA) is 64.9 Å². The fourth-order valence-electron chi connectivity index (χ4n) is 1.65. The third-order valence-electron chi connectivity index (χ3n) is 2.67. The van der Waals surface area contributed by atoms with Gasteiger partial charge in [-0.3, -0.25) is 0 Å². The minimum Gasteiger partial charge on any atom is -0.334 e. The van der Waals surface area contributed by atoms with Gasteiger partial charge in [-0.2, -0.15) is 5.26 Å². The molecule has 2 rings (SSSR count). The molecule has 4 nitrogen and oxygen atoms in total. The first-order valence-electron chi connectivity index (χ1n) is 6.13. The number of carbonyl (C=O) groups excluding carboxylic acids is 1. The summed E-state index contributed by atoms with van der Waals surface area (Å²) in [6, 6.07) is 14.6. The maximum absolute atomic E-state index is 11.8. The molecule has 2 aromatic rings. The van der Waals surface area contributed by atoms with Crippen molar-refractivity contribution >= 4 is 39.4 Å². The van der Waals surface area contributed by atoms with Crippen LogP contribution >= 0.6 is 27.7 Å². The van der Waals surface area contributed by atoms with Crippen LogP contribution in [0.4, 0.5) is 10.5 Å². The van der Waals surface area contributed by atoms with Gasteiger partial charge in [0.25, 0.3) is 0 Å². The summed E-state index contributed by atoms with van der Waals surface area (Å²) in [5.74, 6) is 0. The molecule has 106 valence electrons. The molecule has 0 aromatic heterocycles. The van der Waals surface area contributed by atoms with E-state index in [0.717, 1.165) is 26.7 Å². The molecule has 21 heavy (non-hydrogen) atoms. The Bertz CT molecular complexity index is 667. The molecule has 0 unspecified atom stereocenters. The second-order valence-corrected chi connectivity index (χ2v) is 5.83. The summed E-state index contributed by atoms with van der Waals surface area (Å²) in [5, 5.41) is 16.1. The summed E-state index contributed by atoms with van der Waals surface area (Å²) < 4.78 is 0.961. The summed E-state index contributed by atoms with van der Waals surface area (Å²) in [5.41, 5.74) is 1.69. The Morgan fingerprint density at radius 1 is 1.19 bits per heavy atom. The van der Waals surface area contributed by atoms with Crippen LogP contribution < -0.4 is 10.6 Å². The molecule has 0 fully saturated rings. The lowest BCUT2D eigenvalue weighted by molar-refractivity contribution is 0.251. The predicted octanol–water partition coefficient (Wildman–Crippen LogP) is 4.34. The number of halogens is 1. The Kier molecular flexibility index (Phi) is 5.67. The molecule has 0 aliphatic carbocycles. The maximum atomic E-state index is 11.8. The molecule has 2 N–H and O–H groups in total. The van der Waals surface area contributed by atoms with Gasteiger partial charge in [-0.15, -0.1) is 0 Å². The van der Waals surface area contributed by atoms with Gasteiger partial charge in [0.2, 0.25) is 0 Å². The smallest absolute Gasteiger partial charge is 0.319 e. The van der Waals surface area contributed by atoms with Crippen LogP contribution in [-0.2, 0) is 6.54 Å². The van der Waals surface area contributed by atoms with Crippen LogP contribution in [-0.4, -0.2) is 6.03 Å². The average Bonchev–Trinajstić information content (AvgIpc) is 2.49. The molecule has 0 radical (unpaired) electrons. The van der Waals surface area contributed by atoms with Crippen molar-refractivity contribution in [3.63, 3.8) is 0 Å². The number of hydrogen-bond donors (Lipinski definition) is 2. The number of rotatable bonds is 4. The Labute approximate surface area is 135 Å². The number of hydrogen-bond acceptors (Lipinski definition) is 3. The summed E-state index contributed by atoms with van der Waals surface area (Å²) >= 11 is 4.52. The summed E-state index contributed by atoms with van der Waals surface area (Å²) in [6.45, 7) is 0.440. The predicted molar refractivity (Wildman–Crippen MR) is 87.9 cm³/mol. The van der Waals surface area contributed by atoms with Crippen molar-refractivity contribution in [3.05, 3.63) is 58.6 Å². The molecule has 0 saturated carbocycles. The van der Waals surface area contributed by atoms with Crippen molar-refractivity contribution in [2.75, 3.05) is 5.32 Å². The van der Waals surface area contributed by atoms with Gasteiger partial charge in [-0.25, -0.2) is 4.79 Å². The zero-order valence-electron chi connectivity index (χ0n) is 11.0. The highest BCUT2D eigenvalue weighted by Crippen LogP contribution is 2.19. The Hall–Kier alpha value is -1.97. The highest BCUT2D eigenvalue weighted by molar-refractivity contribution is 9.10. The molecule has 0 saturated heterocycles. The number of thiocyanates is 1. The van der Waals surface area contributed by atoms with E-state index >= 15 is 0 Å². The molecular weight excluding hydrogens is 350 g/mol. The van der Waals surface area contributed by atoms with Gasteiger partial charge in [0.05, 0.1) is 0 Å². The van der Waals surface area contributed by atoms with Gasteiger partial charge in [0.15, 0.2) is 0 Å². The monoisotopic (exact) mass is 361 g/mol. The van der Waals surface area contributed by atoms with Crippen LogP contribution in [0.15, 0.2) is 57.9 Å². The van der Waals surface area contributed by atoms with Crippen LogP contribution in [0.2, 0.25) is 0 Å². The Morgan fingerprint density at radius 3 is 2.57 bits per heavy atom. The van der Waals surface area contributed by atoms with Crippen LogP contribution in [0.25, 0.3) is 0 Å². The summed E-state index contributed by atoms with van der Waals surface area (Å²) in [7, 11) is 0. The minimum absolute atomic E-state index is 0.272. The van der Waals surface area contributed by atoms with Gasteiger partial charge in [0, 0.05) is 21.6 Å². The van der Waals surface area contributed by atoms with Crippen molar-refractivity contribution in [3.8, 4) is 5.40 Å². The Morgan fingerprint density at radius 2 is 1.90 bits per heavy atom. The first kappa shape index (κ1) is 15.4. The van der Waals surface area contributed by atoms with Crippen molar-refractivity contribution < 1.29 is 4.79 Å². The lowest BCUT2D eigenvalue weighted by atomic mass is 10.2. The number of anilines is 1. The van der Waals surface area contributed by atoms with Crippen LogP contribution in [0.3, 0.4) is 0 Å². The van der Waals surface area contributed by atoms with Crippen molar-refractivity contribution in [2.24, 2.45) is 0 Å². The number of amides is 2. The Balaban J connectivity index is 1.87. The van der Waals surface area contributed by atoms with E-state index in [2.05, 4.69) is 26.6 Å². The van der Waals surface area contributed by atoms with Gasteiger partial charge in [-0.1, -0.05) is 34.1 Å². The van der Waals surface area contributed by atoms with E-state index in [-0.39, 0.29) is 6.03 Å². The zero-order chi connectivity index (χ0) is 15.1. The minimum atomic E-state index is -0.272. The molecule has 0 spiro atoms. The van der Waals surface area contributed by atoms with Crippen LogP contribution in [0.5, 0.6) is 0 Å². The molecule has 0 heterocycles. The number of urea groups is 1. The fraction of sp³-hybridized carbons (Fsp3) is 0.0667. The lowest BCUT2D eigenvalue weighted by Crippen LogP contribution is -2.28. The van der Waals surface area contributed by atoms with Crippen molar-refractivity contribution in [1.82, 2.24) is 5.32 Å². The number of carbonyl (C=O) groups is 1. The van der Waals surface area contributed by atoms with E-state index < -0.39 is 0 Å². The molecule has 6 heteroatoms. The van der Waals surface area contributed by atoms with Crippen molar-refractivity contribution in [2.45, 2.75) is 11.4 Å². The van der Waals surface area contributed by atoms with Gasteiger partial charge in [-0.05, 0) is 47.7 Å². The fourth-order valence-corrected chi connectivity index (χ4v) is 2.45. The highest BCUT2D eigenvalue weighted by atomic mass is 79.9. The molecule has 2 aromatic carbocycles. The van der Waals surface area contributed by atoms with E-state index in [4.69, 9.17) is 5.26 Å².